The Hall–Kier alpha value is 0.210. The van der Waals surface area contributed by atoms with Gasteiger partial charge in [0.1, 0.15) is 0 Å². The second-order valence-electron chi connectivity index (χ2n) is 7.53. The smallest absolute Gasteiger partial charge is 0.0667 e. The Morgan fingerprint density at radius 2 is 1.50 bits per heavy atom. The summed E-state index contributed by atoms with van der Waals surface area (Å²) in [6.45, 7) is 13.1. The van der Waals surface area contributed by atoms with Crippen molar-refractivity contribution in [3.63, 3.8) is 0 Å². The Balaban J connectivity index is 2.63. The van der Waals surface area contributed by atoms with E-state index in [9.17, 15) is 5.11 Å². The van der Waals surface area contributed by atoms with Gasteiger partial charge in [-0.2, -0.15) is 0 Å². The van der Waals surface area contributed by atoms with Gasteiger partial charge in [0.2, 0.25) is 0 Å². The van der Waals surface area contributed by atoms with Crippen LogP contribution >= 0.6 is 11.6 Å². The Morgan fingerprint density at radius 3 is 1.95 bits per heavy atom. The molecule has 0 radical (unpaired) electrons. The maximum Gasteiger partial charge on any atom is 0.0667 e. The van der Waals surface area contributed by atoms with Crippen LogP contribution in [0.3, 0.4) is 0 Å². The van der Waals surface area contributed by atoms with Crippen molar-refractivity contribution < 1.29 is 5.11 Å². The molecule has 0 spiro atoms. The SMILES string of the molecule is CC(C)C1CC(Cl)CC(C(C)N[C@H](C(C)C)C(C)O)C1. The van der Waals surface area contributed by atoms with Crippen LogP contribution in [0.5, 0.6) is 0 Å². The van der Waals surface area contributed by atoms with Gasteiger partial charge in [0.25, 0.3) is 0 Å². The average Bonchev–Trinajstić information content (AvgIpc) is 2.33. The Kier molecular flexibility index (Phi) is 7.31. The first kappa shape index (κ1) is 18.3. The monoisotopic (exact) mass is 303 g/mol. The highest BCUT2D eigenvalue weighted by Gasteiger charge is 2.33. The van der Waals surface area contributed by atoms with Gasteiger partial charge in [0.05, 0.1) is 6.10 Å². The van der Waals surface area contributed by atoms with Crippen molar-refractivity contribution in [1.82, 2.24) is 5.32 Å². The lowest BCUT2D eigenvalue weighted by molar-refractivity contribution is 0.0977. The highest BCUT2D eigenvalue weighted by Crippen LogP contribution is 2.38. The summed E-state index contributed by atoms with van der Waals surface area (Å²) in [5, 5.41) is 13.9. The third kappa shape index (κ3) is 5.20. The van der Waals surface area contributed by atoms with E-state index in [1.165, 1.54) is 6.42 Å². The van der Waals surface area contributed by atoms with Crippen LogP contribution in [0.2, 0.25) is 0 Å². The highest BCUT2D eigenvalue weighted by atomic mass is 35.5. The second kappa shape index (κ2) is 8.00. The van der Waals surface area contributed by atoms with Crippen LogP contribution in [0.1, 0.15) is 60.8 Å². The van der Waals surface area contributed by atoms with Gasteiger partial charge < -0.3 is 10.4 Å². The molecule has 120 valence electrons. The minimum Gasteiger partial charge on any atom is -0.392 e. The quantitative estimate of drug-likeness (QED) is 0.726. The van der Waals surface area contributed by atoms with E-state index in [0.717, 1.165) is 18.8 Å². The summed E-state index contributed by atoms with van der Waals surface area (Å²) in [5.74, 6) is 2.51. The Labute approximate surface area is 130 Å². The molecule has 0 aliphatic heterocycles. The number of rotatable bonds is 6. The topological polar surface area (TPSA) is 32.3 Å². The zero-order valence-corrected chi connectivity index (χ0v) is 14.8. The van der Waals surface area contributed by atoms with Crippen molar-refractivity contribution in [2.24, 2.45) is 23.7 Å². The predicted molar refractivity (Wildman–Crippen MR) is 88.2 cm³/mol. The summed E-state index contributed by atoms with van der Waals surface area (Å²) in [4.78, 5) is 0. The third-order valence-electron chi connectivity index (χ3n) is 5.07. The molecule has 0 aromatic heterocycles. The summed E-state index contributed by atoms with van der Waals surface area (Å²) in [5.41, 5.74) is 0. The normalized spacial score (nSPS) is 32.4. The van der Waals surface area contributed by atoms with Crippen molar-refractivity contribution in [2.75, 3.05) is 0 Å². The predicted octanol–water partition coefficient (Wildman–Crippen LogP) is 4.05. The van der Waals surface area contributed by atoms with Crippen molar-refractivity contribution in [3.8, 4) is 0 Å². The summed E-state index contributed by atoms with van der Waals surface area (Å²) < 4.78 is 0. The number of halogens is 1. The van der Waals surface area contributed by atoms with E-state index in [1.807, 2.05) is 6.92 Å². The molecule has 0 amide bonds. The van der Waals surface area contributed by atoms with Gasteiger partial charge in [-0.3, -0.25) is 0 Å². The number of aliphatic hydroxyl groups is 1. The molecule has 0 heterocycles. The van der Waals surface area contributed by atoms with E-state index in [0.29, 0.717) is 29.2 Å². The summed E-state index contributed by atoms with van der Waals surface area (Å²) >= 11 is 6.48. The number of hydrogen-bond acceptors (Lipinski definition) is 2. The van der Waals surface area contributed by atoms with Crippen LogP contribution in [0, 0.1) is 23.7 Å². The van der Waals surface area contributed by atoms with E-state index in [-0.39, 0.29) is 12.1 Å². The van der Waals surface area contributed by atoms with Crippen LogP contribution in [-0.2, 0) is 0 Å². The molecule has 3 heteroatoms. The minimum absolute atomic E-state index is 0.165. The van der Waals surface area contributed by atoms with Crippen molar-refractivity contribution in [1.29, 1.82) is 0 Å². The van der Waals surface area contributed by atoms with Gasteiger partial charge in [0.15, 0.2) is 0 Å². The van der Waals surface area contributed by atoms with Crippen LogP contribution < -0.4 is 5.32 Å². The molecule has 0 bridgehead atoms. The van der Waals surface area contributed by atoms with E-state index in [2.05, 4.69) is 39.9 Å². The Morgan fingerprint density at radius 1 is 0.950 bits per heavy atom. The molecule has 2 N–H and O–H groups in total. The van der Waals surface area contributed by atoms with Gasteiger partial charge in [-0.1, -0.05) is 27.7 Å². The molecular formula is C17H34ClNO. The fraction of sp³-hybridized carbons (Fsp3) is 1.00. The number of hydrogen-bond donors (Lipinski definition) is 2. The largest absolute Gasteiger partial charge is 0.392 e. The van der Waals surface area contributed by atoms with E-state index in [1.54, 1.807) is 0 Å². The van der Waals surface area contributed by atoms with Crippen molar-refractivity contribution >= 4 is 11.6 Å². The molecule has 5 unspecified atom stereocenters. The molecule has 20 heavy (non-hydrogen) atoms. The lowest BCUT2D eigenvalue weighted by Gasteiger charge is -2.40. The van der Waals surface area contributed by atoms with Gasteiger partial charge in [-0.25, -0.2) is 0 Å². The van der Waals surface area contributed by atoms with Crippen LogP contribution in [0.4, 0.5) is 0 Å². The molecule has 0 aromatic carbocycles. The maximum atomic E-state index is 9.93. The molecular weight excluding hydrogens is 270 g/mol. The van der Waals surface area contributed by atoms with Crippen molar-refractivity contribution in [3.05, 3.63) is 0 Å². The van der Waals surface area contributed by atoms with E-state index >= 15 is 0 Å². The number of nitrogens with one attached hydrogen (secondary N) is 1. The first-order chi connectivity index (χ1) is 9.22. The van der Waals surface area contributed by atoms with Crippen LogP contribution in [0.25, 0.3) is 0 Å². The van der Waals surface area contributed by atoms with E-state index < -0.39 is 0 Å². The van der Waals surface area contributed by atoms with E-state index in [4.69, 9.17) is 11.6 Å². The molecule has 1 saturated carbocycles. The molecule has 2 nitrogen and oxygen atoms in total. The first-order valence-corrected chi connectivity index (χ1v) is 8.74. The lowest BCUT2D eigenvalue weighted by Crippen LogP contribution is -2.50. The summed E-state index contributed by atoms with van der Waals surface area (Å²) in [6, 6.07) is 0.581. The zero-order chi connectivity index (χ0) is 15.4. The maximum absolute atomic E-state index is 9.93. The summed E-state index contributed by atoms with van der Waals surface area (Å²) in [7, 11) is 0. The number of aliphatic hydroxyl groups excluding tert-OH is 1. The molecule has 1 aliphatic carbocycles. The fourth-order valence-electron chi connectivity index (χ4n) is 3.62. The molecule has 6 atom stereocenters. The van der Waals surface area contributed by atoms with Crippen LogP contribution in [-0.4, -0.2) is 28.7 Å². The first-order valence-electron chi connectivity index (χ1n) is 8.30. The lowest BCUT2D eigenvalue weighted by atomic mass is 9.73. The zero-order valence-electron chi connectivity index (χ0n) is 14.1. The molecule has 1 rings (SSSR count). The van der Waals surface area contributed by atoms with Gasteiger partial charge in [-0.15, -0.1) is 11.6 Å². The van der Waals surface area contributed by atoms with Gasteiger partial charge in [0, 0.05) is 17.5 Å². The standard InChI is InChI=1S/C17H34ClNO/c1-10(2)14-7-15(9-16(18)8-14)12(5)19-17(11(3)4)13(6)20/h10-17,19-20H,7-9H2,1-6H3/t12?,13?,14?,15?,16?,17-/m1/s1. The molecule has 0 aromatic rings. The third-order valence-corrected chi connectivity index (χ3v) is 5.42. The average molecular weight is 304 g/mol. The minimum atomic E-state index is -0.311. The van der Waals surface area contributed by atoms with Crippen LogP contribution in [0.15, 0.2) is 0 Å². The molecule has 1 aliphatic rings. The fourth-order valence-corrected chi connectivity index (χ4v) is 4.07. The van der Waals surface area contributed by atoms with Gasteiger partial charge in [-0.05, 0) is 56.8 Å². The molecule has 1 fully saturated rings. The summed E-state index contributed by atoms with van der Waals surface area (Å²) in [6.07, 6.45) is 3.21. The number of alkyl halides is 1. The van der Waals surface area contributed by atoms with Crippen molar-refractivity contribution in [2.45, 2.75) is 84.4 Å². The highest BCUT2D eigenvalue weighted by molar-refractivity contribution is 6.20. The molecule has 0 saturated heterocycles. The van der Waals surface area contributed by atoms with Gasteiger partial charge >= 0.3 is 0 Å². The Bertz CT molecular complexity index is 272. The second-order valence-corrected chi connectivity index (χ2v) is 8.15.